The molecule has 0 rings (SSSR count). The summed E-state index contributed by atoms with van der Waals surface area (Å²) in [6, 6.07) is 0. The van der Waals surface area contributed by atoms with E-state index in [2.05, 4.69) is 4.74 Å². The van der Waals surface area contributed by atoms with Gasteiger partial charge in [0.1, 0.15) is 6.54 Å². The second-order valence-electron chi connectivity index (χ2n) is 3.70. The maximum atomic E-state index is 12.2. The zero-order valence-electron chi connectivity index (χ0n) is 10.2. The summed E-state index contributed by atoms with van der Waals surface area (Å²) in [7, 11) is -4.66. The topological polar surface area (TPSA) is 75.7 Å². The van der Waals surface area contributed by atoms with E-state index in [0.29, 0.717) is 0 Å². The Morgan fingerprint density at radius 2 is 1.95 bits per heavy atom. The summed E-state index contributed by atoms with van der Waals surface area (Å²) in [5, 5.41) is 0. The quantitative estimate of drug-likeness (QED) is 0.750. The van der Waals surface area contributed by atoms with Crippen molar-refractivity contribution in [1.29, 1.82) is 0 Å². The number of carbonyl (C=O) groups is 1. The number of carbonyl (C=O) groups excluding carboxylic acids is 1. The van der Waals surface area contributed by atoms with Crippen LogP contribution in [0.4, 0.5) is 18.0 Å². The summed E-state index contributed by atoms with van der Waals surface area (Å²) in [5.74, 6) is -0.351. The van der Waals surface area contributed by atoms with E-state index >= 15 is 0 Å². The number of ether oxygens (including phenoxy) is 1. The average Bonchev–Trinajstić information content (AvgIpc) is 2.12. The second kappa shape index (κ2) is 7.15. The van der Waals surface area contributed by atoms with Gasteiger partial charge in [-0.15, -0.1) is 11.6 Å². The minimum absolute atomic E-state index is 0.0155. The highest BCUT2D eigenvalue weighted by molar-refractivity contribution is 7.87. The number of rotatable bonds is 6. The number of halogens is 4. The van der Waals surface area contributed by atoms with Crippen LogP contribution in [-0.4, -0.2) is 50.1 Å². The lowest BCUT2D eigenvalue weighted by atomic mass is 10.5. The van der Waals surface area contributed by atoms with Crippen LogP contribution < -0.4 is 4.72 Å². The van der Waals surface area contributed by atoms with Gasteiger partial charge in [-0.2, -0.15) is 25.9 Å². The van der Waals surface area contributed by atoms with Crippen molar-refractivity contribution in [2.75, 3.05) is 19.0 Å². The van der Waals surface area contributed by atoms with Crippen LogP contribution in [-0.2, 0) is 14.9 Å². The smallest absolute Gasteiger partial charge is 0.422 e. The average molecular weight is 327 g/mol. The molecule has 0 aliphatic rings. The molecule has 1 amide bonds. The molecule has 0 unspecified atom stereocenters. The first-order chi connectivity index (χ1) is 8.48. The summed E-state index contributed by atoms with van der Waals surface area (Å²) < 4.78 is 65.6. The van der Waals surface area contributed by atoms with Gasteiger partial charge in [-0.25, -0.2) is 9.52 Å². The van der Waals surface area contributed by atoms with Gasteiger partial charge < -0.3 is 4.74 Å². The minimum atomic E-state index is -4.75. The molecule has 0 bridgehead atoms. The molecule has 114 valence electrons. The second-order valence-corrected chi connectivity index (χ2v) is 5.75. The summed E-state index contributed by atoms with van der Waals surface area (Å²) in [6.07, 6.45) is -6.71. The third-order valence-corrected chi connectivity index (χ3v) is 3.17. The van der Waals surface area contributed by atoms with Gasteiger partial charge in [-0.1, -0.05) is 0 Å². The molecule has 0 saturated carbocycles. The molecule has 0 aliphatic heterocycles. The van der Waals surface area contributed by atoms with Gasteiger partial charge in [-0.3, -0.25) is 0 Å². The fourth-order valence-corrected chi connectivity index (χ4v) is 2.33. The Bertz CT molecular complexity index is 399. The molecule has 0 fully saturated rings. The predicted octanol–water partition coefficient (Wildman–Crippen LogP) is 1.47. The molecular formula is C8H14ClF3N2O4S. The van der Waals surface area contributed by atoms with Crippen molar-refractivity contribution in [3.8, 4) is 0 Å². The lowest BCUT2D eigenvalue weighted by Gasteiger charge is -2.22. The largest absolute Gasteiger partial charge is 0.446 e. The third kappa shape index (κ3) is 8.11. The van der Waals surface area contributed by atoms with Crippen LogP contribution in [0.25, 0.3) is 0 Å². The van der Waals surface area contributed by atoms with Gasteiger partial charge in [0.25, 0.3) is 0 Å². The molecule has 0 spiro atoms. The van der Waals surface area contributed by atoms with E-state index in [9.17, 15) is 26.4 Å². The predicted molar refractivity (Wildman–Crippen MR) is 62.0 cm³/mol. The number of nitrogens with zero attached hydrogens (tertiary/aromatic N) is 1. The lowest BCUT2D eigenvalue weighted by molar-refractivity contribution is -0.135. The number of nitrogens with one attached hydrogen (secondary N) is 1. The van der Waals surface area contributed by atoms with Gasteiger partial charge in [-0.05, 0) is 13.8 Å². The van der Waals surface area contributed by atoms with Crippen LogP contribution in [0.15, 0.2) is 0 Å². The lowest BCUT2D eigenvalue weighted by Crippen LogP contribution is -2.48. The van der Waals surface area contributed by atoms with Gasteiger partial charge in [0, 0.05) is 12.4 Å². The summed E-state index contributed by atoms with van der Waals surface area (Å²) in [6.45, 7) is 0.576. The Hall–Kier alpha value is -0.740. The fraction of sp³-hybridized carbons (Fsp3) is 0.875. The van der Waals surface area contributed by atoms with Crippen molar-refractivity contribution < 1.29 is 31.1 Å². The van der Waals surface area contributed by atoms with Crippen molar-refractivity contribution >= 4 is 27.9 Å². The van der Waals surface area contributed by atoms with Crippen LogP contribution >= 0.6 is 11.6 Å². The van der Waals surface area contributed by atoms with Crippen molar-refractivity contribution in [2.45, 2.75) is 26.1 Å². The van der Waals surface area contributed by atoms with E-state index in [1.165, 1.54) is 18.6 Å². The van der Waals surface area contributed by atoms with Gasteiger partial charge in [0.15, 0.2) is 0 Å². The summed E-state index contributed by atoms with van der Waals surface area (Å²) >= 11 is 5.23. The molecule has 0 atom stereocenters. The van der Waals surface area contributed by atoms with Crippen LogP contribution in [0.3, 0.4) is 0 Å². The first-order valence-electron chi connectivity index (χ1n) is 5.09. The molecule has 0 saturated heterocycles. The standard InChI is InChI=1S/C8H14ClF3N2O4S/c1-6(2)18-7(15)13-19(16,17)14(4-3-9)5-8(10,11)12/h6H,3-5H2,1-2H3,(H,13,15). The molecule has 0 aromatic carbocycles. The maximum absolute atomic E-state index is 12.2. The Balaban J connectivity index is 4.84. The van der Waals surface area contributed by atoms with Gasteiger partial charge in [0.2, 0.25) is 0 Å². The number of amides is 1. The fourth-order valence-electron chi connectivity index (χ4n) is 0.986. The minimum Gasteiger partial charge on any atom is -0.446 e. The first-order valence-corrected chi connectivity index (χ1v) is 7.06. The Morgan fingerprint density at radius 3 is 2.32 bits per heavy atom. The molecular weight excluding hydrogens is 313 g/mol. The zero-order valence-corrected chi connectivity index (χ0v) is 11.8. The van der Waals surface area contributed by atoms with Crippen LogP contribution in [0.1, 0.15) is 13.8 Å². The normalized spacial score (nSPS) is 12.8. The van der Waals surface area contributed by atoms with E-state index < -0.39 is 41.7 Å². The highest BCUT2D eigenvalue weighted by Gasteiger charge is 2.37. The Labute approximate surface area is 114 Å². The Kier molecular flexibility index (Phi) is 6.87. The number of alkyl halides is 4. The third-order valence-electron chi connectivity index (χ3n) is 1.58. The van der Waals surface area contributed by atoms with Gasteiger partial charge >= 0.3 is 22.5 Å². The Morgan fingerprint density at radius 1 is 1.42 bits per heavy atom. The first kappa shape index (κ1) is 18.3. The van der Waals surface area contributed by atoms with E-state index in [0.717, 1.165) is 0 Å². The van der Waals surface area contributed by atoms with Crippen LogP contribution in [0, 0.1) is 0 Å². The monoisotopic (exact) mass is 326 g/mol. The van der Waals surface area contributed by atoms with E-state index in [1.54, 1.807) is 0 Å². The highest BCUT2D eigenvalue weighted by Crippen LogP contribution is 2.18. The van der Waals surface area contributed by atoms with Crippen molar-refractivity contribution in [3.05, 3.63) is 0 Å². The van der Waals surface area contributed by atoms with Crippen molar-refractivity contribution in [2.24, 2.45) is 0 Å². The van der Waals surface area contributed by atoms with Crippen molar-refractivity contribution in [3.63, 3.8) is 0 Å². The van der Waals surface area contributed by atoms with Crippen molar-refractivity contribution in [1.82, 2.24) is 9.03 Å². The molecule has 6 nitrogen and oxygen atoms in total. The van der Waals surface area contributed by atoms with E-state index in [-0.39, 0.29) is 10.2 Å². The molecule has 0 aliphatic carbocycles. The van der Waals surface area contributed by atoms with E-state index in [4.69, 9.17) is 11.6 Å². The highest BCUT2D eigenvalue weighted by atomic mass is 35.5. The molecule has 0 aromatic heterocycles. The molecule has 19 heavy (non-hydrogen) atoms. The summed E-state index contributed by atoms with van der Waals surface area (Å²) in [4.78, 5) is 11.1. The maximum Gasteiger partial charge on any atom is 0.422 e. The number of hydrogen-bond donors (Lipinski definition) is 1. The molecule has 0 radical (unpaired) electrons. The van der Waals surface area contributed by atoms with E-state index in [1.807, 2.05) is 0 Å². The van der Waals surface area contributed by atoms with Crippen LogP contribution in [0.2, 0.25) is 0 Å². The molecule has 1 N–H and O–H groups in total. The van der Waals surface area contributed by atoms with Gasteiger partial charge in [0.05, 0.1) is 6.10 Å². The molecule has 11 heteroatoms. The number of hydrogen-bond acceptors (Lipinski definition) is 4. The SMILES string of the molecule is CC(C)OC(=O)NS(=O)(=O)N(CCCl)CC(F)(F)F. The molecule has 0 heterocycles. The molecule has 0 aromatic rings. The van der Waals surface area contributed by atoms with Crippen LogP contribution in [0.5, 0.6) is 0 Å². The summed E-state index contributed by atoms with van der Waals surface area (Å²) in [5.41, 5.74) is 0. The zero-order chi connectivity index (χ0) is 15.3.